The molecule has 0 unspecified atom stereocenters. The lowest BCUT2D eigenvalue weighted by Gasteiger charge is -2.01. The van der Waals surface area contributed by atoms with E-state index in [1.54, 1.807) is 0 Å². The number of aryl methyl sites for hydroxylation is 1. The number of aromatic nitrogens is 2. The predicted octanol–water partition coefficient (Wildman–Crippen LogP) is 3.28. The van der Waals surface area contributed by atoms with Crippen molar-refractivity contribution in [3.05, 3.63) is 40.3 Å². The van der Waals surface area contributed by atoms with Crippen LogP contribution in [0.3, 0.4) is 0 Å². The van der Waals surface area contributed by atoms with Gasteiger partial charge >= 0.3 is 5.97 Å². The van der Waals surface area contributed by atoms with Gasteiger partial charge in [0.1, 0.15) is 5.82 Å². The van der Waals surface area contributed by atoms with E-state index in [1.807, 2.05) is 18.2 Å². The van der Waals surface area contributed by atoms with Crippen molar-refractivity contribution in [2.45, 2.75) is 32.2 Å². The van der Waals surface area contributed by atoms with Gasteiger partial charge in [-0.15, -0.1) is 0 Å². The van der Waals surface area contributed by atoms with E-state index in [0.29, 0.717) is 6.42 Å². The first-order valence-corrected chi connectivity index (χ1v) is 7.50. The molecule has 4 nitrogen and oxygen atoms in total. The minimum Gasteiger partial charge on any atom is -0.481 e. The molecule has 104 valence electrons. The highest BCUT2D eigenvalue weighted by molar-refractivity contribution is 9.10. The fraction of sp³-hybridized carbons (Fsp3) is 0.333. The van der Waals surface area contributed by atoms with Gasteiger partial charge in [-0.05, 0) is 25.0 Å². The molecule has 3 rings (SSSR count). The Morgan fingerprint density at radius 2 is 2.30 bits per heavy atom. The Balaban J connectivity index is 2.00. The zero-order valence-corrected chi connectivity index (χ0v) is 12.6. The van der Waals surface area contributed by atoms with Crippen LogP contribution >= 0.6 is 15.9 Å². The van der Waals surface area contributed by atoms with Crippen molar-refractivity contribution < 1.29 is 9.90 Å². The summed E-state index contributed by atoms with van der Waals surface area (Å²) in [6.45, 7) is 0.950. The Labute approximate surface area is 125 Å². The van der Waals surface area contributed by atoms with E-state index >= 15 is 0 Å². The van der Waals surface area contributed by atoms with Crippen molar-refractivity contribution in [3.63, 3.8) is 0 Å². The number of carbonyl (C=O) groups is 1. The van der Waals surface area contributed by atoms with Gasteiger partial charge in [0.15, 0.2) is 0 Å². The van der Waals surface area contributed by atoms with Gasteiger partial charge in [-0.25, -0.2) is 4.98 Å². The first-order chi connectivity index (χ1) is 9.65. The van der Waals surface area contributed by atoms with E-state index in [-0.39, 0.29) is 6.42 Å². The van der Waals surface area contributed by atoms with Gasteiger partial charge in [-0.1, -0.05) is 28.1 Å². The molecular weight excluding hydrogens is 320 g/mol. The fourth-order valence-electron chi connectivity index (χ4n) is 2.74. The van der Waals surface area contributed by atoms with Crippen LogP contribution in [0, 0.1) is 0 Å². The summed E-state index contributed by atoms with van der Waals surface area (Å²) >= 11 is 3.48. The van der Waals surface area contributed by atoms with Crippen LogP contribution in [0.4, 0.5) is 0 Å². The monoisotopic (exact) mass is 334 g/mol. The highest BCUT2D eigenvalue weighted by Crippen LogP contribution is 2.31. The van der Waals surface area contributed by atoms with Gasteiger partial charge in [0.25, 0.3) is 0 Å². The van der Waals surface area contributed by atoms with Crippen LogP contribution in [0.1, 0.15) is 24.4 Å². The molecule has 0 amide bonds. The first kappa shape index (κ1) is 13.4. The molecule has 1 aliphatic rings. The molecule has 1 aromatic carbocycles. The topological polar surface area (TPSA) is 55.1 Å². The van der Waals surface area contributed by atoms with Crippen molar-refractivity contribution in [2.75, 3.05) is 0 Å². The quantitative estimate of drug-likeness (QED) is 0.933. The van der Waals surface area contributed by atoms with Crippen LogP contribution in [-0.4, -0.2) is 20.6 Å². The van der Waals surface area contributed by atoms with Crippen LogP contribution in [0.2, 0.25) is 0 Å². The number of nitrogens with zero attached hydrogens (tertiary/aromatic N) is 2. The summed E-state index contributed by atoms with van der Waals surface area (Å²) in [5, 5.41) is 8.84. The van der Waals surface area contributed by atoms with Crippen LogP contribution in [0.5, 0.6) is 0 Å². The van der Waals surface area contributed by atoms with Crippen LogP contribution in [-0.2, 0) is 24.2 Å². The largest absolute Gasteiger partial charge is 0.481 e. The molecule has 0 saturated carbocycles. The molecule has 1 aromatic heterocycles. The van der Waals surface area contributed by atoms with E-state index in [4.69, 9.17) is 10.1 Å². The number of halogens is 1. The molecule has 0 aliphatic carbocycles. The van der Waals surface area contributed by atoms with Gasteiger partial charge in [0.05, 0.1) is 12.1 Å². The molecule has 20 heavy (non-hydrogen) atoms. The Morgan fingerprint density at radius 3 is 3.05 bits per heavy atom. The molecule has 1 aliphatic heterocycles. The van der Waals surface area contributed by atoms with E-state index in [0.717, 1.165) is 40.9 Å². The van der Waals surface area contributed by atoms with Gasteiger partial charge in [0, 0.05) is 28.7 Å². The third-order valence-electron chi connectivity index (χ3n) is 3.61. The van der Waals surface area contributed by atoms with Crippen molar-refractivity contribution in [1.29, 1.82) is 0 Å². The number of rotatable bonds is 4. The number of benzene rings is 1. The van der Waals surface area contributed by atoms with E-state index in [2.05, 4.69) is 26.6 Å². The summed E-state index contributed by atoms with van der Waals surface area (Å²) in [6.07, 6.45) is 2.76. The van der Waals surface area contributed by atoms with Crippen LogP contribution < -0.4 is 0 Å². The molecule has 0 atom stereocenters. The molecule has 0 radical (unpaired) electrons. The second-order valence-electron chi connectivity index (χ2n) is 4.98. The maximum Gasteiger partial charge on any atom is 0.303 e. The van der Waals surface area contributed by atoms with Gasteiger partial charge in [-0.2, -0.15) is 0 Å². The smallest absolute Gasteiger partial charge is 0.303 e. The third-order valence-corrected chi connectivity index (χ3v) is 4.10. The minimum absolute atomic E-state index is 0.133. The molecule has 0 saturated heterocycles. The normalized spacial score (nSPS) is 13.4. The van der Waals surface area contributed by atoms with Crippen molar-refractivity contribution in [1.82, 2.24) is 9.55 Å². The maximum absolute atomic E-state index is 10.8. The van der Waals surface area contributed by atoms with Gasteiger partial charge in [-0.3, -0.25) is 4.79 Å². The Morgan fingerprint density at radius 1 is 1.45 bits per heavy atom. The zero-order valence-electron chi connectivity index (χ0n) is 11.0. The first-order valence-electron chi connectivity index (χ1n) is 6.71. The maximum atomic E-state index is 10.8. The number of hydrogen-bond donors (Lipinski definition) is 1. The van der Waals surface area contributed by atoms with Gasteiger partial charge < -0.3 is 9.67 Å². The number of hydrogen-bond acceptors (Lipinski definition) is 2. The Hall–Kier alpha value is -1.62. The van der Waals surface area contributed by atoms with Crippen molar-refractivity contribution >= 4 is 21.9 Å². The number of aliphatic carboxylic acids is 1. The van der Waals surface area contributed by atoms with E-state index < -0.39 is 5.97 Å². The average Bonchev–Trinajstić information content (AvgIpc) is 2.98. The second-order valence-corrected chi connectivity index (χ2v) is 5.90. The summed E-state index contributed by atoms with van der Waals surface area (Å²) < 4.78 is 3.22. The molecule has 0 fully saturated rings. The highest BCUT2D eigenvalue weighted by atomic mass is 79.9. The standard InChI is InChI=1S/C15H15BrN2O2/c16-11-4-1-3-10(9-11)15-12-5-2-8-18(12)13(17-15)6-7-14(19)20/h1,3-4,9H,2,5-8H2,(H,19,20). The van der Waals surface area contributed by atoms with E-state index in [9.17, 15) is 4.79 Å². The molecular formula is C15H15BrN2O2. The molecule has 0 spiro atoms. The number of carboxylic acids is 1. The summed E-state index contributed by atoms with van der Waals surface area (Å²) in [6, 6.07) is 8.10. The molecule has 1 N–H and O–H groups in total. The third kappa shape index (κ3) is 2.50. The summed E-state index contributed by atoms with van der Waals surface area (Å²) in [4.78, 5) is 15.4. The molecule has 2 heterocycles. The van der Waals surface area contributed by atoms with Crippen LogP contribution in [0.25, 0.3) is 11.3 Å². The molecule has 2 aromatic rings. The number of carboxylic acid groups (broad SMARTS) is 1. The summed E-state index contributed by atoms with van der Waals surface area (Å²) in [7, 11) is 0. The van der Waals surface area contributed by atoms with Gasteiger partial charge in [0.2, 0.25) is 0 Å². The molecule has 5 heteroatoms. The second kappa shape index (κ2) is 5.40. The summed E-state index contributed by atoms with van der Waals surface area (Å²) in [5.74, 6) is 0.124. The lowest BCUT2D eigenvalue weighted by molar-refractivity contribution is -0.137. The van der Waals surface area contributed by atoms with Crippen molar-refractivity contribution in [3.8, 4) is 11.3 Å². The molecule has 0 bridgehead atoms. The fourth-order valence-corrected chi connectivity index (χ4v) is 3.14. The SMILES string of the molecule is O=C(O)CCc1nc(-c2cccc(Br)c2)c2n1CCC2. The number of imidazole rings is 1. The highest BCUT2D eigenvalue weighted by Gasteiger charge is 2.22. The predicted molar refractivity (Wildman–Crippen MR) is 79.6 cm³/mol. The van der Waals surface area contributed by atoms with E-state index in [1.165, 1.54) is 5.69 Å². The van der Waals surface area contributed by atoms with Crippen LogP contribution in [0.15, 0.2) is 28.7 Å². The van der Waals surface area contributed by atoms with Crippen molar-refractivity contribution in [2.24, 2.45) is 0 Å². The minimum atomic E-state index is -0.774. The average molecular weight is 335 g/mol. The summed E-state index contributed by atoms with van der Waals surface area (Å²) in [5.41, 5.74) is 3.33. The lowest BCUT2D eigenvalue weighted by Crippen LogP contribution is -2.04. The lowest BCUT2D eigenvalue weighted by atomic mass is 10.1. The Kier molecular flexibility index (Phi) is 3.61. The number of fused-ring (bicyclic) bond motifs is 1. The zero-order chi connectivity index (χ0) is 14.1. The Bertz CT molecular complexity index is 664.